The van der Waals surface area contributed by atoms with Crippen LogP contribution in [0.3, 0.4) is 0 Å². The molecule has 1 unspecified atom stereocenters. The van der Waals surface area contributed by atoms with E-state index in [1.54, 1.807) is 18.9 Å². The van der Waals surface area contributed by atoms with E-state index < -0.39 is 0 Å². The molecule has 0 aromatic heterocycles. The van der Waals surface area contributed by atoms with Gasteiger partial charge in [-0.3, -0.25) is 0 Å². The monoisotopic (exact) mass is 299 g/mol. The number of rotatable bonds is 5. The Morgan fingerprint density at radius 2 is 2.16 bits per heavy atom. The Balaban J connectivity index is 1.93. The molecule has 0 amide bonds. The van der Waals surface area contributed by atoms with Crippen LogP contribution < -0.4 is 0 Å². The number of oxime groups is 1. The zero-order valence-corrected chi connectivity index (χ0v) is 12.8. The standard InChI is InChI=1S/C14H18ClNO2S/c1-14(10-15)7-13(16-18-14)19-9-12-6-4-3-5-11(12)8-17-2/h3-6H,7-10H2,1-2H3. The molecule has 0 aliphatic carbocycles. The van der Waals surface area contributed by atoms with Gasteiger partial charge in [0, 0.05) is 19.3 Å². The van der Waals surface area contributed by atoms with Crippen molar-refractivity contribution in [3.63, 3.8) is 0 Å². The van der Waals surface area contributed by atoms with Crippen LogP contribution in [0.4, 0.5) is 0 Å². The number of ether oxygens (including phenoxy) is 1. The molecule has 1 atom stereocenters. The van der Waals surface area contributed by atoms with Crippen LogP contribution in [0.15, 0.2) is 29.4 Å². The van der Waals surface area contributed by atoms with Crippen molar-refractivity contribution in [1.82, 2.24) is 0 Å². The first-order valence-electron chi connectivity index (χ1n) is 6.16. The van der Waals surface area contributed by atoms with Gasteiger partial charge in [-0.2, -0.15) is 0 Å². The highest BCUT2D eigenvalue weighted by Crippen LogP contribution is 2.31. The molecule has 0 bridgehead atoms. The molecule has 1 aliphatic rings. The molecule has 0 N–H and O–H groups in total. The average molecular weight is 300 g/mol. The van der Waals surface area contributed by atoms with Crippen molar-refractivity contribution in [2.24, 2.45) is 5.16 Å². The van der Waals surface area contributed by atoms with Crippen LogP contribution in [-0.4, -0.2) is 23.6 Å². The maximum atomic E-state index is 5.87. The van der Waals surface area contributed by atoms with Gasteiger partial charge >= 0.3 is 0 Å². The Kier molecular flexibility index (Phi) is 5.13. The van der Waals surface area contributed by atoms with Gasteiger partial charge in [-0.1, -0.05) is 29.4 Å². The highest BCUT2D eigenvalue weighted by atomic mass is 35.5. The third kappa shape index (κ3) is 3.88. The molecule has 19 heavy (non-hydrogen) atoms. The molecule has 1 aromatic rings. The lowest BCUT2D eigenvalue weighted by Crippen LogP contribution is -2.26. The molecule has 0 radical (unpaired) electrons. The molecule has 0 spiro atoms. The third-order valence-corrected chi connectivity index (χ3v) is 4.56. The summed E-state index contributed by atoms with van der Waals surface area (Å²) in [5.41, 5.74) is 2.16. The maximum Gasteiger partial charge on any atom is 0.154 e. The van der Waals surface area contributed by atoms with Gasteiger partial charge in [0.1, 0.15) is 5.04 Å². The molecule has 0 saturated heterocycles. The van der Waals surface area contributed by atoms with Gasteiger partial charge in [0.25, 0.3) is 0 Å². The Labute approximate surface area is 123 Å². The third-order valence-electron chi connectivity index (χ3n) is 2.99. The van der Waals surface area contributed by atoms with Gasteiger partial charge in [0.15, 0.2) is 5.60 Å². The average Bonchev–Trinajstić information content (AvgIpc) is 2.81. The normalized spacial score (nSPS) is 22.2. The smallest absolute Gasteiger partial charge is 0.154 e. The van der Waals surface area contributed by atoms with Crippen molar-refractivity contribution in [1.29, 1.82) is 0 Å². The van der Waals surface area contributed by atoms with Crippen molar-refractivity contribution < 1.29 is 9.57 Å². The van der Waals surface area contributed by atoms with Gasteiger partial charge in [0.05, 0.1) is 12.5 Å². The minimum absolute atomic E-state index is 0.337. The summed E-state index contributed by atoms with van der Waals surface area (Å²) in [4.78, 5) is 5.38. The summed E-state index contributed by atoms with van der Waals surface area (Å²) in [7, 11) is 1.71. The van der Waals surface area contributed by atoms with Crippen molar-refractivity contribution in [3.05, 3.63) is 35.4 Å². The van der Waals surface area contributed by atoms with Crippen LogP contribution in [0.25, 0.3) is 0 Å². The van der Waals surface area contributed by atoms with Gasteiger partial charge in [-0.15, -0.1) is 23.4 Å². The number of methoxy groups -OCH3 is 1. The van der Waals surface area contributed by atoms with Crippen molar-refractivity contribution in [3.8, 4) is 0 Å². The molecular weight excluding hydrogens is 282 g/mol. The van der Waals surface area contributed by atoms with Crippen LogP contribution in [0.5, 0.6) is 0 Å². The summed E-state index contributed by atoms with van der Waals surface area (Å²) in [5, 5.41) is 5.12. The molecule has 2 rings (SSSR count). The maximum absolute atomic E-state index is 5.87. The second-order valence-corrected chi connectivity index (χ2v) is 6.14. The zero-order chi connectivity index (χ0) is 13.7. The van der Waals surface area contributed by atoms with E-state index in [4.69, 9.17) is 21.2 Å². The predicted octanol–water partition coefficient (Wildman–Crippen LogP) is 3.80. The van der Waals surface area contributed by atoms with Crippen LogP contribution in [0, 0.1) is 0 Å². The van der Waals surface area contributed by atoms with Crippen LogP contribution >= 0.6 is 23.4 Å². The fourth-order valence-electron chi connectivity index (χ4n) is 1.85. The van der Waals surface area contributed by atoms with E-state index in [0.29, 0.717) is 12.5 Å². The molecule has 5 heteroatoms. The Morgan fingerprint density at radius 3 is 2.79 bits per heavy atom. The number of hydrogen-bond acceptors (Lipinski definition) is 4. The molecule has 104 valence electrons. The summed E-state index contributed by atoms with van der Waals surface area (Å²) < 4.78 is 5.21. The fraction of sp³-hybridized carbons (Fsp3) is 0.500. The van der Waals surface area contributed by atoms with E-state index in [0.717, 1.165) is 17.2 Å². The second-order valence-electron chi connectivity index (χ2n) is 4.83. The van der Waals surface area contributed by atoms with E-state index in [1.807, 2.05) is 19.1 Å². The SMILES string of the molecule is COCc1ccccc1CSC1=NOC(C)(CCl)C1. The zero-order valence-electron chi connectivity index (χ0n) is 11.2. The summed E-state index contributed by atoms with van der Waals surface area (Å²) in [6.45, 7) is 2.62. The first-order valence-corrected chi connectivity index (χ1v) is 7.68. The topological polar surface area (TPSA) is 30.8 Å². The fourth-order valence-corrected chi connectivity index (χ4v) is 3.09. The summed E-state index contributed by atoms with van der Waals surface area (Å²) >= 11 is 7.58. The molecule has 1 aromatic carbocycles. The lowest BCUT2D eigenvalue weighted by Gasteiger charge is -2.16. The summed E-state index contributed by atoms with van der Waals surface area (Å²) in [6, 6.07) is 8.29. The number of alkyl halides is 1. The molecule has 3 nitrogen and oxygen atoms in total. The first kappa shape index (κ1) is 14.7. The van der Waals surface area contributed by atoms with E-state index >= 15 is 0 Å². The van der Waals surface area contributed by atoms with Gasteiger partial charge in [-0.25, -0.2) is 0 Å². The predicted molar refractivity (Wildman–Crippen MR) is 80.7 cm³/mol. The Morgan fingerprint density at radius 1 is 1.42 bits per heavy atom. The largest absolute Gasteiger partial charge is 0.387 e. The van der Waals surface area contributed by atoms with Crippen molar-refractivity contribution in [2.45, 2.75) is 31.3 Å². The van der Waals surface area contributed by atoms with E-state index in [2.05, 4.69) is 17.3 Å². The van der Waals surface area contributed by atoms with Crippen molar-refractivity contribution in [2.75, 3.05) is 13.0 Å². The second kappa shape index (κ2) is 6.64. The van der Waals surface area contributed by atoms with Gasteiger partial charge < -0.3 is 9.57 Å². The molecule has 0 saturated carbocycles. The van der Waals surface area contributed by atoms with Crippen molar-refractivity contribution >= 4 is 28.4 Å². The van der Waals surface area contributed by atoms with E-state index in [-0.39, 0.29) is 5.60 Å². The molecule has 1 aliphatic heterocycles. The molecule has 0 fully saturated rings. The van der Waals surface area contributed by atoms with Crippen LogP contribution in [0.2, 0.25) is 0 Å². The number of hydrogen-bond donors (Lipinski definition) is 0. The van der Waals surface area contributed by atoms with Crippen LogP contribution in [-0.2, 0) is 21.9 Å². The number of halogens is 1. The van der Waals surface area contributed by atoms with Gasteiger partial charge in [0.2, 0.25) is 0 Å². The Hall–Kier alpha value is -0.710. The lowest BCUT2D eigenvalue weighted by molar-refractivity contribution is 0.0152. The Bertz CT molecular complexity index is 467. The molecule has 1 heterocycles. The lowest BCUT2D eigenvalue weighted by atomic mass is 10.1. The summed E-state index contributed by atoms with van der Waals surface area (Å²) in [5.74, 6) is 1.33. The number of benzene rings is 1. The minimum atomic E-state index is -0.337. The minimum Gasteiger partial charge on any atom is -0.387 e. The number of thioether (sulfide) groups is 1. The number of nitrogens with zero attached hydrogens (tertiary/aromatic N) is 1. The molecular formula is C14H18ClNO2S. The quantitative estimate of drug-likeness (QED) is 0.775. The van der Waals surface area contributed by atoms with E-state index in [9.17, 15) is 0 Å². The van der Waals surface area contributed by atoms with E-state index in [1.165, 1.54) is 11.1 Å². The van der Waals surface area contributed by atoms with Crippen LogP contribution in [0.1, 0.15) is 24.5 Å². The highest BCUT2D eigenvalue weighted by molar-refractivity contribution is 8.13. The summed E-state index contributed by atoms with van der Waals surface area (Å²) in [6.07, 6.45) is 0.785. The van der Waals surface area contributed by atoms with Gasteiger partial charge in [-0.05, 0) is 18.1 Å². The highest BCUT2D eigenvalue weighted by Gasteiger charge is 2.33. The first-order chi connectivity index (χ1) is 9.17.